The molecular formula is C43H32N4OPt-2. The Labute approximate surface area is 302 Å². The molecule has 0 unspecified atom stereocenters. The number of benzene rings is 5. The van der Waals surface area contributed by atoms with E-state index in [4.69, 9.17) is 12.1 Å². The molecule has 9 rings (SSSR count). The van der Waals surface area contributed by atoms with E-state index in [1.807, 2.05) is 16.7 Å². The summed E-state index contributed by atoms with van der Waals surface area (Å²) in [6.07, 6.45) is 5.74. The van der Waals surface area contributed by atoms with E-state index in [0.717, 1.165) is 55.3 Å². The van der Waals surface area contributed by atoms with Crippen LogP contribution >= 0.6 is 0 Å². The molecule has 242 valence electrons. The van der Waals surface area contributed by atoms with Gasteiger partial charge >= 0.3 is 0 Å². The largest absolute Gasteiger partial charge is 0.460 e. The van der Waals surface area contributed by atoms with E-state index in [-0.39, 0.29) is 38.8 Å². The number of hydrogen-bond acceptors (Lipinski definition) is 2. The van der Waals surface area contributed by atoms with Crippen molar-refractivity contribution in [2.75, 3.05) is 0 Å². The molecule has 0 aliphatic carbocycles. The number of aromatic nitrogens is 4. The van der Waals surface area contributed by atoms with Gasteiger partial charge in [-0.3, -0.25) is 4.57 Å². The molecule has 49 heavy (non-hydrogen) atoms. The van der Waals surface area contributed by atoms with Gasteiger partial charge in [0.15, 0.2) is 11.4 Å². The Balaban J connectivity index is 0.00000374. The van der Waals surface area contributed by atoms with Crippen LogP contribution in [0.5, 0.6) is 0 Å². The first-order valence-corrected chi connectivity index (χ1v) is 16.1. The van der Waals surface area contributed by atoms with E-state index in [1.54, 1.807) is 12.3 Å². The summed E-state index contributed by atoms with van der Waals surface area (Å²) in [7, 11) is 0. The van der Waals surface area contributed by atoms with Crippen LogP contribution in [-0.2, 0) is 32.9 Å². The van der Waals surface area contributed by atoms with E-state index in [1.165, 1.54) is 5.56 Å². The molecule has 0 fully saturated rings. The average Bonchev–Trinajstić information content (AvgIpc) is 3.77. The summed E-state index contributed by atoms with van der Waals surface area (Å²) < 4.78 is 28.5. The predicted octanol–water partition coefficient (Wildman–Crippen LogP) is 9.43. The molecule has 6 heteroatoms. The minimum absolute atomic E-state index is 0. The zero-order valence-corrected chi connectivity index (χ0v) is 29.5. The van der Waals surface area contributed by atoms with Gasteiger partial charge in [-0.2, -0.15) is 53.6 Å². The molecule has 0 saturated heterocycles. The Kier molecular flexibility index (Phi) is 7.05. The van der Waals surface area contributed by atoms with Crippen molar-refractivity contribution < 1.29 is 32.8 Å². The molecule has 4 aromatic heterocycles. The van der Waals surface area contributed by atoms with Crippen molar-refractivity contribution >= 4 is 43.8 Å². The van der Waals surface area contributed by atoms with Crippen LogP contribution in [0.25, 0.3) is 61.0 Å². The summed E-state index contributed by atoms with van der Waals surface area (Å²) in [6.45, 7) is 6.70. The molecule has 0 aliphatic heterocycles. The van der Waals surface area contributed by atoms with Crippen molar-refractivity contribution in [2.45, 2.75) is 32.6 Å². The Hall–Kier alpha value is -5.25. The van der Waals surface area contributed by atoms with Gasteiger partial charge in [0.2, 0.25) is 0 Å². The predicted molar refractivity (Wildman–Crippen MR) is 191 cm³/mol. The average molecular weight is 818 g/mol. The SMILES string of the molecule is [2H]c1oc2c(-n3c4[c-]c(Cc5[c-]c(-n6[c-][n+](-c7cccc(C(C)(C)C)c7)c7ccccc76)ccc5)ccc4c4ccccc43)nccc2c1[2H].[Pt]. The summed E-state index contributed by atoms with van der Waals surface area (Å²) >= 11 is 0. The van der Waals surface area contributed by atoms with E-state index in [2.05, 4.69) is 139 Å². The van der Waals surface area contributed by atoms with Crippen LogP contribution in [0.4, 0.5) is 0 Å². The number of furan rings is 1. The topological polar surface area (TPSA) is 39.8 Å². The van der Waals surface area contributed by atoms with E-state index in [0.29, 0.717) is 23.2 Å². The third-order valence-electron chi connectivity index (χ3n) is 9.08. The smallest absolute Gasteiger partial charge is 0.268 e. The van der Waals surface area contributed by atoms with Crippen LogP contribution in [0.2, 0.25) is 0 Å². The standard InChI is InChI=1S/C43H32N4O.Pt/c1-43(2,3)32-11-9-13-34(27-32)46-28-45(38-16-6-7-17-39(38)46)33-12-8-10-29(25-33)24-30-18-19-36-35-14-4-5-15-37(35)47(40(36)26-30)42-41-31(20-22-44-42)21-23-48-41;/h4-23,27H,24H2,1-3H3;/q-2;/i21D,23D;. The monoisotopic (exact) mass is 817 g/mol. The van der Waals surface area contributed by atoms with E-state index in [9.17, 15) is 0 Å². The molecule has 0 spiro atoms. The van der Waals surface area contributed by atoms with Crippen molar-refractivity contribution in [1.29, 1.82) is 0 Å². The van der Waals surface area contributed by atoms with Gasteiger partial charge in [0, 0.05) is 38.2 Å². The summed E-state index contributed by atoms with van der Waals surface area (Å²) in [6, 6.07) is 44.9. The van der Waals surface area contributed by atoms with Crippen LogP contribution in [0, 0.1) is 18.5 Å². The minimum atomic E-state index is -0.174. The van der Waals surface area contributed by atoms with Crippen molar-refractivity contribution in [3.63, 3.8) is 0 Å². The van der Waals surface area contributed by atoms with Crippen LogP contribution in [0.15, 0.2) is 132 Å². The molecule has 0 radical (unpaired) electrons. The molecular weight excluding hydrogens is 784 g/mol. The number of fused-ring (bicyclic) bond motifs is 5. The molecule has 5 aromatic carbocycles. The number of pyridine rings is 1. The first-order valence-electron chi connectivity index (χ1n) is 17.1. The third kappa shape index (κ3) is 5.30. The summed E-state index contributed by atoms with van der Waals surface area (Å²) in [5.74, 6) is 0.541. The van der Waals surface area contributed by atoms with Crippen molar-refractivity contribution in [2.24, 2.45) is 0 Å². The van der Waals surface area contributed by atoms with Crippen molar-refractivity contribution in [3.8, 4) is 17.2 Å². The zero-order valence-electron chi connectivity index (χ0n) is 29.2. The molecule has 4 heterocycles. The van der Waals surface area contributed by atoms with E-state index < -0.39 is 0 Å². The molecule has 0 amide bonds. The molecule has 0 N–H and O–H groups in total. The quantitative estimate of drug-likeness (QED) is 0.128. The first kappa shape index (κ1) is 28.7. The van der Waals surface area contributed by atoms with Crippen LogP contribution in [0.3, 0.4) is 0 Å². The number of rotatable bonds is 5. The molecule has 0 saturated carbocycles. The van der Waals surface area contributed by atoms with Gasteiger partial charge in [-0.25, -0.2) is 4.98 Å². The number of imidazole rings is 1. The Bertz CT molecular complexity index is 2770. The molecule has 0 bridgehead atoms. The summed E-state index contributed by atoms with van der Waals surface area (Å²) in [5.41, 5.74) is 9.65. The fourth-order valence-electron chi connectivity index (χ4n) is 6.67. The van der Waals surface area contributed by atoms with Crippen molar-refractivity contribution in [1.82, 2.24) is 14.1 Å². The van der Waals surface area contributed by atoms with E-state index >= 15 is 0 Å². The zero-order chi connectivity index (χ0) is 34.1. The van der Waals surface area contributed by atoms with Gasteiger partial charge in [0.05, 0.1) is 24.3 Å². The normalized spacial score (nSPS) is 12.5. The van der Waals surface area contributed by atoms with Gasteiger partial charge in [-0.1, -0.05) is 80.9 Å². The number of para-hydroxylation sites is 3. The molecule has 5 nitrogen and oxygen atoms in total. The van der Waals surface area contributed by atoms with Crippen LogP contribution in [0.1, 0.15) is 40.2 Å². The Morgan fingerprint density at radius 2 is 1.61 bits per heavy atom. The van der Waals surface area contributed by atoms with Gasteiger partial charge in [-0.05, 0) is 58.8 Å². The third-order valence-corrected chi connectivity index (χ3v) is 9.08. The second-order valence-corrected chi connectivity index (χ2v) is 13.2. The molecule has 9 aromatic rings. The van der Waals surface area contributed by atoms with Crippen molar-refractivity contribution in [3.05, 3.63) is 163 Å². The summed E-state index contributed by atoms with van der Waals surface area (Å²) in [4.78, 5) is 4.70. The second kappa shape index (κ2) is 12.0. The number of nitrogens with zero attached hydrogens (tertiary/aromatic N) is 4. The first-order chi connectivity index (χ1) is 24.2. The van der Waals surface area contributed by atoms with Gasteiger partial charge < -0.3 is 13.6 Å². The Morgan fingerprint density at radius 1 is 0.816 bits per heavy atom. The fourth-order valence-corrected chi connectivity index (χ4v) is 6.67. The fraction of sp³-hybridized carbons (Fsp3) is 0.116. The van der Waals surface area contributed by atoms with Gasteiger partial charge in [0.25, 0.3) is 6.33 Å². The minimum Gasteiger partial charge on any atom is -0.460 e. The van der Waals surface area contributed by atoms with Gasteiger partial charge in [0.1, 0.15) is 1.37 Å². The maximum Gasteiger partial charge on any atom is 0.268 e. The van der Waals surface area contributed by atoms with Crippen LogP contribution < -0.4 is 4.57 Å². The maximum absolute atomic E-state index is 8.34. The van der Waals surface area contributed by atoms with Gasteiger partial charge in [-0.15, -0.1) is 5.39 Å². The molecule has 0 aliphatic rings. The maximum atomic E-state index is 8.34. The second-order valence-electron chi connectivity index (χ2n) is 13.2. The number of hydrogen-bond donors (Lipinski definition) is 0. The van der Waals surface area contributed by atoms with Crippen LogP contribution in [-0.4, -0.2) is 14.1 Å². The molecule has 0 atom stereocenters. The Morgan fingerprint density at radius 3 is 2.49 bits per heavy atom. The summed E-state index contributed by atoms with van der Waals surface area (Å²) in [5, 5.41) is 2.67.